The van der Waals surface area contributed by atoms with Gasteiger partial charge in [-0.15, -0.1) is 0 Å². The minimum atomic E-state index is -0.399. The molecule has 1 aromatic carbocycles. The maximum Gasteiger partial charge on any atom is 0.278 e. The number of hydrogen-bond acceptors (Lipinski definition) is 5. The summed E-state index contributed by atoms with van der Waals surface area (Å²) in [6.07, 6.45) is 1.29. The lowest BCUT2D eigenvalue weighted by Gasteiger charge is -2.09. The van der Waals surface area contributed by atoms with Crippen LogP contribution in [0.2, 0.25) is 0 Å². The second-order valence-corrected chi connectivity index (χ2v) is 4.88. The Morgan fingerprint density at radius 2 is 2.29 bits per heavy atom. The van der Waals surface area contributed by atoms with Crippen molar-refractivity contribution < 1.29 is 15.3 Å². The number of nitro benzene ring substituents is 1. The fourth-order valence-corrected chi connectivity index (χ4v) is 2.13. The number of benzene rings is 1. The van der Waals surface area contributed by atoms with Gasteiger partial charge in [0.05, 0.1) is 35.2 Å². The maximum atomic E-state index is 11.0. The van der Waals surface area contributed by atoms with Crippen molar-refractivity contribution in [2.75, 3.05) is 25.0 Å². The van der Waals surface area contributed by atoms with E-state index in [-0.39, 0.29) is 11.8 Å². The highest BCUT2D eigenvalue weighted by molar-refractivity contribution is 5.96. The van der Waals surface area contributed by atoms with E-state index in [4.69, 9.17) is 5.11 Å². The van der Waals surface area contributed by atoms with Crippen LogP contribution in [0.1, 0.15) is 6.92 Å². The Kier molecular flexibility index (Phi) is 5.02. The van der Waals surface area contributed by atoms with Crippen molar-refractivity contribution >= 4 is 22.3 Å². The molecule has 0 saturated heterocycles. The summed E-state index contributed by atoms with van der Waals surface area (Å²) in [4.78, 5) is 14.9. The Morgan fingerprint density at radius 1 is 1.48 bits per heavy atom. The summed E-state index contributed by atoms with van der Waals surface area (Å²) >= 11 is 0. The second kappa shape index (κ2) is 6.96. The van der Waals surface area contributed by atoms with Gasteiger partial charge in [0.1, 0.15) is 12.1 Å². The highest BCUT2D eigenvalue weighted by Gasteiger charge is 2.14. The van der Waals surface area contributed by atoms with Crippen LogP contribution in [0.3, 0.4) is 0 Å². The molecule has 112 valence electrons. The Hall–Kier alpha value is -2.25. The lowest BCUT2D eigenvalue weighted by atomic mass is 10.1. The normalized spacial score (nSPS) is 12.3. The number of rotatable bonds is 7. The highest BCUT2D eigenvalue weighted by atomic mass is 16.6. The third-order valence-corrected chi connectivity index (χ3v) is 3.12. The number of hydrogen-bond donors (Lipinski definition) is 3. The number of aromatic nitrogens is 1. The van der Waals surface area contributed by atoms with E-state index in [9.17, 15) is 10.1 Å². The average Bonchev–Trinajstić information content (AvgIpc) is 2.46. The molecule has 1 aromatic heterocycles. The van der Waals surface area contributed by atoms with Gasteiger partial charge in [-0.2, -0.15) is 0 Å². The Bertz CT molecular complexity index is 631. The fourth-order valence-electron chi connectivity index (χ4n) is 2.13. The van der Waals surface area contributed by atoms with Gasteiger partial charge in [0.2, 0.25) is 0 Å². The summed E-state index contributed by atoms with van der Waals surface area (Å²) in [7, 11) is 0. The molecular weight excluding hydrogens is 272 g/mol. The number of nitrogens with one attached hydrogen (secondary N) is 1. The number of pyridine rings is 1. The predicted octanol–water partition coefficient (Wildman–Crippen LogP) is 0.499. The number of nitrogens with zero attached hydrogens (tertiary/aromatic N) is 2. The van der Waals surface area contributed by atoms with E-state index in [0.717, 1.165) is 12.2 Å². The topological polar surface area (TPSA) is 105 Å². The van der Waals surface area contributed by atoms with E-state index in [2.05, 4.69) is 10.3 Å². The van der Waals surface area contributed by atoms with Gasteiger partial charge in [0, 0.05) is 12.3 Å². The lowest BCUT2D eigenvalue weighted by Crippen LogP contribution is -2.87. The van der Waals surface area contributed by atoms with E-state index in [1.165, 1.54) is 6.07 Å². The van der Waals surface area contributed by atoms with Crippen LogP contribution in [0.15, 0.2) is 30.5 Å². The highest BCUT2D eigenvalue weighted by Crippen LogP contribution is 2.29. The number of quaternary nitrogens is 1. The first-order valence-corrected chi connectivity index (χ1v) is 6.85. The summed E-state index contributed by atoms with van der Waals surface area (Å²) in [5.74, 6) is 0. The van der Waals surface area contributed by atoms with Gasteiger partial charge < -0.3 is 15.7 Å². The summed E-state index contributed by atoms with van der Waals surface area (Å²) in [5.41, 5.74) is 1.44. The van der Waals surface area contributed by atoms with Gasteiger partial charge in [-0.05, 0) is 25.1 Å². The van der Waals surface area contributed by atoms with Crippen molar-refractivity contribution in [3.63, 3.8) is 0 Å². The zero-order valence-electron chi connectivity index (χ0n) is 11.8. The van der Waals surface area contributed by atoms with Gasteiger partial charge >= 0.3 is 0 Å². The zero-order chi connectivity index (χ0) is 15.2. The van der Waals surface area contributed by atoms with Gasteiger partial charge in [-0.1, -0.05) is 0 Å². The molecule has 0 spiro atoms. The molecule has 0 amide bonds. The van der Waals surface area contributed by atoms with Gasteiger partial charge in [-0.25, -0.2) is 0 Å². The summed E-state index contributed by atoms with van der Waals surface area (Å²) in [6, 6.07) is 6.56. The van der Waals surface area contributed by atoms with Gasteiger partial charge in [0.25, 0.3) is 5.69 Å². The van der Waals surface area contributed by atoms with Crippen LogP contribution < -0.4 is 10.6 Å². The molecule has 1 heterocycles. The monoisotopic (exact) mass is 291 g/mol. The third-order valence-electron chi connectivity index (χ3n) is 3.12. The standard InChI is InChI=1S/C14H18N4O3/c1-10(19)9-15-7-8-16-12-4-5-13(18(20)21)11-3-2-6-17-14(11)12/h2-6,10,15-16,19H,7-9H2,1H3/p+1/t10-/m1/s1. The Labute approximate surface area is 122 Å². The molecule has 7 nitrogen and oxygen atoms in total. The smallest absolute Gasteiger partial charge is 0.278 e. The number of aliphatic hydroxyl groups is 1. The number of fused-ring (bicyclic) bond motifs is 1. The second-order valence-electron chi connectivity index (χ2n) is 4.88. The van der Waals surface area contributed by atoms with Crippen LogP contribution in [0.25, 0.3) is 10.9 Å². The molecule has 0 radical (unpaired) electrons. The zero-order valence-corrected chi connectivity index (χ0v) is 11.8. The third kappa shape index (κ3) is 3.87. The molecule has 0 aliphatic carbocycles. The molecule has 0 saturated carbocycles. The van der Waals surface area contributed by atoms with E-state index < -0.39 is 4.92 Å². The maximum absolute atomic E-state index is 11.0. The first kappa shape index (κ1) is 15.1. The quantitative estimate of drug-likeness (QED) is 0.391. The molecule has 0 fully saturated rings. The van der Waals surface area contributed by atoms with Gasteiger partial charge in [0.15, 0.2) is 0 Å². The molecule has 0 bridgehead atoms. The van der Waals surface area contributed by atoms with Crippen molar-refractivity contribution in [1.29, 1.82) is 0 Å². The predicted molar refractivity (Wildman–Crippen MR) is 80.2 cm³/mol. The number of nitrogens with two attached hydrogens (primary N) is 1. The first-order valence-electron chi connectivity index (χ1n) is 6.85. The van der Waals surface area contributed by atoms with Crippen molar-refractivity contribution in [3.8, 4) is 0 Å². The van der Waals surface area contributed by atoms with Crippen molar-refractivity contribution in [1.82, 2.24) is 4.98 Å². The van der Waals surface area contributed by atoms with Crippen molar-refractivity contribution in [2.45, 2.75) is 13.0 Å². The number of nitro groups is 1. The molecule has 7 heteroatoms. The minimum absolute atomic E-state index is 0.0596. The summed E-state index contributed by atoms with van der Waals surface area (Å²) in [5, 5.41) is 26.0. The molecule has 0 unspecified atom stereocenters. The summed E-state index contributed by atoms with van der Waals surface area (Å²) in [6.45, 7) is 3.89. The van der Waals surface area contributed by atoms with Crippen LogP contribution in [0.4, 0.5) is 11.4 Å². The average molecular weight is 291 g/mol. The van der Waals surface area contributed by atoms with E-state index >= 15 is 0 Å². The fraction of sp³-hybridized carbons (Fsp3) is 0.357. The Balaban J connectivity index is 2.11. The molecule has 0 aliphatic heterocycles. The largest absolute Gasteiger partial charge is 0.388 e. The molecule has 2 rings (SSSR count). The van der Waals surface area contributed by atoms with Crippen molar-refractivity contribution in [2.24, 2.45) is 0 Å². The lowest BCUT2D eigenvalue weighted by molar-refractivity contribution is -0.657. The van der Waals surface area contributed by atoms with Crippen molar-refractivity contribution in [3.05, 3.63) is 40.6 Å². The van der Waals surface area contributed by atoms with Crippen LogP contribution in [-0.4, -0.2) is 40.8 Å². The Morgan fingerprint density at radius 3 is 3.00 bits per heavy atom. The van der Waals surface area contributed by atoms with Crippen LogP contribution >= 0.6 is 0 Å². The van der Waals surface area contributed by atoms with Gasteiger partial charge in [-0.3, -0.25) is 15.1 Å². The van der Waals surface area contributed by atoms with Crippen LogP contribution in [0, 0.1) is 10.1 Å². The number of aliphatic hydroxyl groups excluding tert-OH is 1. The summed E-state index contributed by atoms with van der Waals surface area (Å²) < 4.78 is 0. The van der Waals surface area contributed by atoms with Crippen LogP contribution in [-0.2, 0) is 0 Å². The SMILES string of the molecule is C[C@@H](O)C[NH2+]CCNc1ccc([N+](=O)[O-])c2cccnc12. The van der Waals surface area contributed by atoms with E-state index in [1.54, 1.807) is 31.3 Å². The first-order chi connectivity index (χ1) is 10.1. The molecule has 0 aliphatic rings. The molecule has 21 heavy (non-hydrogen) atoms. The van der Waals surface area contributed by atoms with E-state index in [0.29, 0.717) is 24.0 Å². The van der Waals surface area contributed by atoms with Crippen LogP contribution in [0.5, 0.6) is 0 Å². The number of anilines is 1. The molecule has 1 atom stereocenters. The minimum Gasteiger partial charge on any atom is -0.388 e. The van der Waals surface area contributed by atoms with E-state index in [1.807, 2.05) is 5.32 Å². The molecule has 2 aromatic rings. The molecular formula is C14H19N4O3+. The molecule has 4 N–H and O–H groups in total. The number of non-ortho nitro benzene ring substituents is 1.